The molecule has 5 nitrogen and oxygen atoms in total. The highest BCUT2D eigenvalue weighted by Gasteiger charge is 2.33. The zero-order valence-corrected chi connectivity index (χ0v) is 15.8. The highest BCUT2D eigenvalue weighted by atomic mass is 32.2. The minimum atomic E-state index is -0.0470. The third-order valence-electron chi connectivity index (χ3n) is 4.40. The van der Waals surface area contributed by atoms with E-state index >= 15 is 0 Å². The molecule has 1 N–H and O–H groups in total. The van der Waals surface area contributed by atoms with Crippen LogP contribution in [0.25, 0.3) is 0 Å². The molecule has 6 heteroatoms. The van der Waals surface area contributed by atoms with Gasteiger partial charge in [0.25, 0.3) is 5.91 Å². The van der Waals surface area contributed by atoms with Gasteiger partial charge in [0, 0.05) is 12.1 Å². The number of furan rings is 1. The Kier molecular flexibility index (Phi) is 6.39. The van der Waals surface area contributed by atoms with Crippen molar-refractivity contribution in [3.8, 4) is 0 Å². The lowest BCUT2D eigenvalue weighted by Gasteiger charge is -2.23. The molecule has 1 saturated heterocycles. The maximum Gasteiger partial charge on any atom is 0.251 e. The number of amides is 2. The summed E-state index contributed by atoms with van der Waals surface area (Å²) in [6.45, 7) is 3.31. The number of rotatable bonds is 8. The highest BCUT2D eigenvalue weighted by Crippen LogP contribution is 2.39. The van der Waals surface area contributed by atoms with E-state index in [4.69, 9.17) is 4.42 Å². The molecule has 1 aromatic carbocycles. The second-order valence-electron chi connectivity index (χ2n) is 6.35. The lowest BCUT2D eigenvalue weighted by atomic mass is 10.1. The fourth-order valence-corrected chi connectivity index (χ4v) is 4.14. The first-order chi connectivity index (χ1) is 12.7. The van der Waals surface area contributed by atoms with Crippen molar-refractivity contribution in [3.05, 3.63) is 59.5 Å². The second-order valence-corrected chi connectivity index (χ2v) is 7.42. The maximum atomic E-state index is 12.2. The predicted molar refractivity (Wildman–Crippen MR) is 103 cm³/mol. The van der Waals surface area contributed by atoms with Crippen LogP contribution in [0.15, 0.2) is 47.1 Å². The zero-order valence-electron chi connectivity index (χ0n) is 14.9. The van der Waals surface area contributed by atoms with E-state index in [1.165, 1.54) is 0 Å². The van der Waals surface area contributed by atoms with Crippen molar-refractivity contribution < 1.29 is 14.0 Å². The van der Waals surface area contributed by atoms with E-state index in [9.17, 15) is 9.59 Å². The van der Waals surface area contributed by atoms with E-state index in [1.807, 2.05) is 41.3 Å². The van der Waals surface area contributed by atoms with Crippen LogP contribution in [0.5, 0.6) is 0 Å². The number of nitrogens with zero attached hydrogens (tertiary/aromatic N) is 1. The molecular weight excluding hydrogens is 348 g/mol. The fourth-order valence-electron chi connectivity index (χ4n) is 2.95. The summed E-state index contributed by atoms with van der Waals surface area (Å²) in [5.41, 5.74) is 1.67. The Bertz CT molecular complexity index is 728. The first-order valence-electron chi connectivity index (χ1n) is 9.00. The first-order valence-corrected chi connectivity index (χ1v) is 10.1. The van der Waals surface area contributed by atoms with E-state index in [-0.39, 0.29) is 17.2 Å². The lowest BCUT2D eigenvalue weighted by Crippen LogP contribution is -2.27. The Balaban J connectivity index is 1.63. The van der Waals surface area contributed by atoms with Crippen molar-refractivity contribution in [1.29, 1.82) is 0 Å². The van der Waals surface area contributed by atoms with Crippen molar-refractivity contribution in [2.45, 2.75) is 38.1 Å². The third kappa shape index (κ3) is 4.49. The van der Waals surface area contributed by atoms with E-state index < -0.39 is 0 Å². The van der Waals surface area contributed by atoms with Crippen molar-refractivity contribution in [1.82, 2.24) is 10.2 Å². The summed E-state index contributed by atoms with van der Waals surface area (Å²) in [7, 11) is 0. The second kappa shape index (κ2) is 8.94. The molecule has 1 aliphatic heterocycles. The van der Waals surface area contributed by atoms with Gasteiger partial charge in [-0.3, -0.25) is 9.59 Å². The summed E-state index contributed by atoms with van der Waals surface area (Å²) in [4.78, 5) is 26.2. The molecule has 0 aliphatic carbocycles. The third-order valence-corrected chi connectivity index (χ3v) is 5.65. The molecule has 2 heterocycles. The van der Waals surface area contributed by atoms with Crippen LogP contribution in [0.1, 0.15) is 53.2 Å². The molecule has 0 saturated carbocycles. The van der Waals surface area contributed by atoms with E-state index in [2.05, 4.69) is 12.2 Å². The van der Waals surface area contributed by atoms with Gasteiger partial charge < -0.3 is 14.6 Å². The monoisotopic (exact) mass is 372 g/mol. The molecule has 0 radical (unpaired) electrons. The number of nitrogens with one attached hydrogen (secondary N) is 1. The molecule has 26 heavy (non-hydrogen) atoms. The number of carbonyl (C=O) groups is 2. The zero-order chi connectivity index (χ0) is 18.4. The summed E-state index contributed by atoms with van der Waals surface area (Å²) in [5.74, 6) is 1.30. The molecule has 138 valence electrons. The molecule has 1 fully saturated rings. The Morgan fingerprint density at radius 3 is 2.77 bits per heavy atom. The summed E-state index contributed by atoms with van der Waals surface area (Å²) < 4.78 is 5.38. The molecule has 3 rings (SSSR count). The minimum absolute atomic E-state index is 0.0461. The number of hydrogen-bond acceptors (Lipinski definition) is 4. The summed E-state index contributed by atoms with van der Waals surface area (Å²) in [6, 6.07) is 11.2. The molecule has 1 aliphatic rings. The van der Waals surface area contributed by atoms with Gasteiger partial charge in [0.2, 0.25) is 5.91 Å². The quantitative estimate of drug-likeness (QED) is 0.712. The smallest absolute Gasteiger partial charge is 0.251 e. The molecule has 2 aromatic rings. The van der Waals surface area contributed by atoms with Crippen LogP contribution in [0.4, 0.5) is 0 Å². The van der Waals surface area contributed by atoms with Gasteiger partial charge in [0.05, 0.1) is 18.6 Å². The van der Waals surface area contributed by atoms with Crippen molar-refractivity contribution in [2.75, 3.05) is 12.3 Å². The number of thioether (sulfide) groups is 1. The topological polar surface area (TPSA) is 62.6 Å². The van der Waals surface area contributed by atoms with Crippen molar-refractivity contribution >= 4 is 23.6 Å². The lowest BCUT2D eigenvalue weighted by molar-refractivity contribution is -0.128. The standard InChI is InChI=1S/C20H24N2O3S/c1-2-3-4-11-21-19(24)15-7-9-16(10-8-15)20-22(18(23)14-26-20)13-17-6-5-12-25-17/h5-10,12,20H,2-4,11,13-14H2,1H3,(H,21,24)/t20-/m0/s1. The minimum Gasteiger partial charge on any atom is -0.467 e. The summed E-state index contributed by atoms with van der Waals surface area (Å²) in [5, 5.41) is 2.90. The average molecular weight is 372 g/mol. The van der Waals surface area contributed by atoms with Crippen LogP contribution < -0.4 is 5.32 Å². The summed E-state index contributed by atoms with van der Waals surface area (Å²) in [6.07, 6.45) is 4.88. The van der Waals surface area contributed by atoms with Crippen molar-refractivity contribution in [3.63, 3.8) is 0 Å². The van der Waals surface area contributed by atoms with Gasteiger partial charge in [-0.2, -0.15) is 0 Å². The van der Waals surface area contributed by atoms with Gasteiger partial charge >= 0.3 is 0 Å². The average Bonchev–Trinajstić information content (AvgIpc) is 3.30. The molecule has 1 aromatic heterocycles. The molecule has 2 amide bonds. The number of benzene rings is 1. The van der Waals surface area contributed by atoms with Gasteiger partial charge in [-0.1, -0.05) is 31.9 Å². The van der Waals surface area contributed by atoms with Crippen LogP contribution in [0.2, 0.25) is 0 Å². The molecular formula is C20H24N2O3S. The molecule has 0 spiro atoms. The largest absolute Gasteiger partial charge is 0.467 e. The first kappa shape index (κ1) is 18.6. The Labute approximate surface area is 158 Å². The normalized spacial score (nSPS) is 16.9. The highest BCUT2D eigenvalue weighted by molar-refractivity contribution is 8.00. The molecule has 1 atom stereocenters. The van der Waals surface area contributed by atoms with Gasteiger partial charge in [0.1, 0.15) is 11.1 Å². The van der Waals surface area contributed by atoms with Crippen LogP contribution in [-0.4, -0.2) is 29.0 Å². The van der Waals surface area contributed by atoms with E-state index in [0.717, 1.165) is 30.6 Å². The molecule has 0 unspecified atom stereocenters. The van der Waals surface area contributed by atoms with Crippen LogP contribution in [-0.2, 0) is 11.3 Å². The Morgan fingerprint density at radius 2 is 2.08 bits per heavy atom. The van der Waals surface area contributed by atoms with E-state index in [1.54, 1.807) is 18.0 Å². The Hall–Kier alpha value is -2.21. The number of hydrogen-bond donors (Lipinski definition) is 1. The number of unbranched alkanes of at least 4 members (excludes halogenated alkanes) is 2. The van der Waals surface area contributed by atoms with Gasteiger partial charge in [-0.25, -0.2) is 0 Å². The van der Waals surface area contributed by atoms with Gasteiger partial charge in [-0.05, 0) is 36.2 Å². The predicted octanol–water partition coefficient (Wildman–Crippen LogP) is 3.97. The SMILES string of the molecule is CCCCCNC(=O)c1ccc([C@@H]2SCC(=O)N2Cc2ccco2)cc1. The Morgan fingerprint density at radius 1 is 1.27 bits per heavy atom. The van der Waals surface area contributed by atoms with Crippen LogP contribution >= 0.6 is 11.8 Å². The fraction of sp³-hybridized carbons (Fsp3) is 0.400. The van der Waals surface area contributed by atoms with E-state index in [0.29, 0.717) is 24.4 Å². The van der Waals surface area contributed by atoms with Gasteiger partial charge in [-0.15, -0.1) is 11.8 Å². The molecule has 0 bridgehead atoms. The van der Waals surface area contributed by atoms with Gasteiger partial charge in [0.15, 0.2) is 0 Å². The van der Waals surface area contributed by atoms with Crippen LogP contribution in [0, 0.1) is 0 Å². The number of carbonyl (C=O) groups excluding carboxylic acids is 2. The van der Waals surface area contributed by atoms with Crippen molar-refractivity contribution in [2.24, 2.45) is 0 Å². The maximum absolute atomic E-state index is 12.2. The van der Waals surface area contributed by atoms with Crippen LogP contribution in [0.3, 0.4) is 0 Å². The summed E-state index contributed by atoms with van der Waals surface area (Å²) >= 11 is 1.60.